The largest absolute Gasteiger partial charge is 0.444 e. The van der Waals surface area contributed by atoms with Crippen molar-refractivity contribution in [3.63, 3.8) is 0 Å². The highest BCUT2D eigenvalue weighted by Gasteiger charge is 2.29. The van der Waals surface area contributed by atoms with Gasteiger partial charge in [0.2, 0.25) is 0 Å². The number of amides is 1. The van der Waals surface area contributed by atoms with Crippen LogP contribution in [0.5, 0.6) is 0 Å². The average Bonchev–Trinajstić information content (AvgIpc) is 2.68. The number of piperidine rings is 1. The van der Waals surface area contributed by atoms with Gasteiger partial charge in [0.1, 0.15) is 5.60 Å². The van der Waals surface area contributed by atoms with Gasteiger partial charge < -0.3 is 9.64 Å². The Kier molecular flexibility index (Phi) is 4.73. The lowest BCUT2D eigenvalue weighted by Gasteiger charge is -2.33. The lowest BCUT2D eigenvalue weighted by molar-refractivity contribution is 0.0160. The molecular formula is C12H18Br2N4O2. The second-order valence-corrected chi connectivity index (χ2v) is 7.33. The summed E-state index contributed by atoms with van der Waals surface area (Å²) in [5, 5.41) is 8.60. The maximum atomic E-state index is 12.1. The van der Waals surface area contributed by atoms with E-state index in [9.17, 15) is 4.79 Å². The summed E-state index contributed by atoms with van der Waals surface area (Å²) in [6.45, 7) is 6.90. The van der Waals surface area contributed by atoms with Gasteiger partial charge in [0.05, 0.1) is 6.04 Å². The van der Waals surface area contributed by atoms with E-state index in [0.29, 0.717) is 15.8 Å². The molecule has 1 saturated heterocycles. The molecule has 1 amide bonds. The highest BCUT2D eigenvalue weighted by Crippen LogP contribution is 2.25. The second kappa shape index (κ2) is 6.01. The maximum Gasteiger partial charge on any atom is 0.410 e. The molecule has 1 aromatic heterocycles. The summed E-state index contributed by atoms with van der Waals surface area (Å²) in [6, 6.07) is 0.0823. The lowest BCUT2D eigenvalue weighted by Crippen LogP contribution is -2.43. The predicted molar refractivity (Wildman–Crippen MR) is 81.5 cm³/mol. The standard InChI is InChI=1S/C12H18Br2N4O2/c1-12(2,3)20-11(19)17-6-4-5-8(7-17)18-15-9(13)10(14)16-18/h8H,4-7H2,1-3H3/t8-/m0/s1. The predicted octanol–water partition coefficient (Wildman–Crippen LogP) is 3.38. The molecule has 6 nitrogen and oxygen atoms in total. The molecule has 1 aliphatic heterocycles. The van der Waals surface area contributed by atoms with Gasteiger partial charge in [0.25, 0.3) is 0 Å². The molecule has 1 aliphatic rings. The summed E-state index contributed by atoms with van der Waals surface area (Å²) in [5.41, 5.74) is -0.472. The smallest absolute Gasteiger partial charge is 0.410 e. The van der Waals surface area contributed by atoms with Crippen molar-refractivity contribution in [3.05, 3.63) is 9.21 Å². The molecule has 0 unspecified atom stereocenters. The molecule has 0 spiro atoms. The normalized spacial score (nSPS) is 20.1. The van der Waals surface area contributed by atoms with Crippen LogP contribution in [-0.2, 0) is 4.74 Å². The minimum atomic E-state index is -0.472. The van der Waals surface area contributed by atoms with E-state index in [1.54, 1.807) is 9.70 Å². The Hall–Kier alpha value is -0.630. The number of likely N-dealkylation sites (tertiary alicyclic amines) is 1. The SMILES string of the molecule is CC(C)(C)OC(=O)N1CCC[C@H](n2nc(Br)c(Br)n2)C1. The zero-order valence-electron chi connectivity index (χ0n) is 11.8. The minimum Gasteiger partial charge on any atom is -0.444 e. The first kappa shape index (κ1) is 15.8. The Morgan fingerprint density at radius 1 is 1.30 bits per heavy atom. The lowest BCUT2D eigenvalue weighted by atomic mass is 10.1. The summed E-state index contributed by atoms with van der Waals surface area (Å²) >= 11 is 6.64. The number of rotatable bonds is 1. The molecule has 20 heavy (non-hydrogen) atoms. The average molecular weight is 410 g/mol. The topological polar surface area (TPSA) is 60.2 Å². The summed E-state index contributed by atoms with van der Waals surface area (Å²) < 4.78 is 6.75. The van der Waals surface area contributed by atoms with Crippen LogP contribution in [0.25, 0.3) is 0 Å². The number of hydrogen-bond acceptors (Lipinski definition) is 4. The number of halogens is 2. The third-order valence-corrected chi connectivity index (χ3v) is 4.53. The minimum absolute atomic E-state index is 0.0823. The van der Waals surface area contributed by atoms with Crippen LogP contribution < -0.4 is 0 Å². The van der Waals surface area contributed by atoms with Crippen LogP contribution in [0.2, 0.25) is 0 Å². The molecule has 112 valence electrons. The van der Waals surface area contributed by atoms with Gasteiger partial charge in [0, 0.05) is 13.1 Å². The first-order valence-electron chi connectivity index (χ1n) is 6.52. The van der Waals surface area contributed by atoms with Crippen LogP contribution in [0.15, 0.2) is 9.21 Å². The quantitative estimate of drug-likeness (QED) is 0.713. The molecular weight excluding hydrogens is 392 g/mol. The molecule has 0 saturated carbocycles. The summed E-state index contributed by atoms with van der Waals surface area (Å²) in [6.07, 6.45) is 1.60. The maximum absolute atomic E-state index is 12.1. The molecule has 2 heterocycles. The number of nitrogens with zero attached hydrogens (tertiary/aromatic N) is 4. The van der Waals surface area contributed by atoms with Crippen LogP contribution in [0.3, 0.4) is 0 Å². The van der Waals surface area contributed by atoms with Gasteiger partial charge in [-0.15, -0.1) is 10.2 Å². The Bertz CT molecular complexity index is 479. The Labute approximate surface area is 135 Å². The molecule has 1 atom stereocenters. The fraction of sp³-hybridized carbons (Fsp3) is 0.750. The Morgan fingerprint density at radius 2 is 1.90 bits per heavy atom. The van der Waals surface area contributed by atoms with E-state index in [1.165, 1.54) is 0 Å². The molecule has 0 bridgehead atoms. The number of aromatic nitrogens is 3. The van der Waals surface area contributed by atoms with E-state index < -0.39 is 5.60 Å². The van der Waals surface area contributed by atoms with Crippen molar-refractivity contribution in [2.45, 2.75) is 45.3 Å². The second-order valence-electron chi connectivity index (χ2n) is 5.82. The molecule has 1 aromatic rings. The monoisotopic (exact) mass is 408 g/mol. The zero-order valence-corrected chi connectivity index (χ0v) is 14.9. The van der Waals surface area contributed by atoms with Gasteiger partial charge in [0.15, 0.2) is 9.21 Å². The van der Waals surface area contributed by atoms with E-state index in [0.717, 1.165) is 19.4 Å². The fourth-order valence-corrected chi connectivity index (χ4v) is 2.57. The van der Waals surface area contributed by atoms with Crippen LogP contribution in [-0.4, -0.2) is 44.7 Å². The van der Waals surface area contributed by atoms with Gasteiger partial charge >= 0.3 is 6.09 Å². The number of carbonyl (C=O) groups is 1. The van der Waals surface area contributed by atoms with Crippen LogP contribution in [0, 0.1) is 0 Å². The zero-order chi connectivity index (χ0) is 14.9. The van der Waals surface area contributed by atoms with Crippen molar-refractivity contribution >= 4 is 38.0 Å². The molecule has 0 aliphatic carbocycles. The number of ether oxygens (including phenoxy) is 1. The number of carbonyl (C=O) groups excluding carboxylic acids is 1. The number of hydrogen-bond donors (Lipinski definition) is 0. The van der Waals surface area contributed by atoms with Crippen molar-refractivity contribution in [1.82, 2.24) is 19.9 Å². The van der Waals surface area contributed by atoms with E-state index in [-0.39, 0.29) is 12.1 Å². The van der Waals surface area contributed by atoms with Crippen molar-refractivity contribution in [1.29, 1.82) is 0 Å². The van der Waals surface area contributed by atoms with Crippen molar-refractivity contribution < 1.29 is 9.53 Å². The van der Waals surface area contributed by atoms with Gasteiger partial charge in [-0.3, -0.25) is 0 Å². The Balaban J connectivity index is 2.03. The first-order chi connectivity index (χ1) is 9.26. The molecule has 1 fully saturated rings. The third-order valence-electron chi connectivity index (χ3n) is 2.93. The van der Waals surface area contributed by atoms with Crippen molar-refractivity contribution in [2.75, 3.05) is 13.1 Å². The van der Waals surface area contributed by atoms with Gasteiger partial charge in [-0.2, -0.15) is 4.80 Å². The molecule has 8 heteroatoms. The fourth-order valence-electron chi connectivity index (χ4n) is 2.08. The molecule has 0 aromatic carbocycles. The van der Waals surface area contributed by atoms with Crippen LogP contribution >= 0.6 is 31.9 Å². The van der Waals surface area contributed by atoms with E-state index in [1.807, 2.05) is 20.8 Å². The van der Waals surface area contributed by atoms with Gasteiger partial charge in [-0.1, -0.05) is 0 Å². The van der Waals surface area contributed by atoms with E-state index in [2.05, 4.69) is 42.1 Å². The highest BCUT2D eigenvalue weighted by molar-refractivity contribution is 9.13. The van der Waals surface area contributed by atoms with Crippen LogP contribution in [0.4, 0.5) is 4.79 Å². The Morgan fingerprint density at radius 3 is 2.45 bits per heavy atom. The van der Waals surface area contributed by atoms with Crippen molar-refractivity contribution in [2.24, 2.45) is 0 Å². The highest BCUT2D eigenvalue weighted by atomic mass is 79.9. The van der Waals surface area contributed by atoms with Crippen LogP contribution in [0.1, 0.15) is 39.7 Å². The third kappa shape index (κ3) is 3.94. The summed E-state index contributed by atoms with van der Waals surface area (Å²) in [5.74, 6) is 0. The van der Waals surface area contributed by atoms with E-state index >= 15 is 0 Å². The molecule has 0 radical (unpaired) electrons. The van der Waals surface area contributed by atoms with Crippen molar-refractivity contribution in [3.8, 4) is 0 Å². The summed E-state index contributed by atoms with van der Waals surface area (Å²) in [7, 11) is 0. The molecule has 2 rings (SSSR count). The van der Waals surface area contributed by atoms with E-state index in [4.69, 9.17) is 4.74 Å². The molecule has 0 N–H and O–H groups in total. The summed E-state index contributed by atoms with van der Waals surface area (Å²) in [4.78, 5) is 15.5. The first-order valence-corrected chi connectivity index (χ1v) is 8.10. The van der Waals surface area contributed by atoms with Gasteiger partial charge in [-0.25, -0.2) is 4.79 Å². The van der Waals surface area contributed by atoms with Gasteiger partial charge in [-0.05, 0) is 65.5 Å².